The molecule has 1 unspecified atom stereocenters. The number of rotatable bonds is 20. The van der Waals surface area contributed by atoms with Crippen LogP contribution in [0.15, 0.2) is 0 Å². The zero-order chi connectivity index (χ0) is 26.4. The summed E-state index contributed by atoms with van der Waals surface area (Å²) in [4.78, 5) is 29.5. The number of carbonyl (C=O) groups is 2. The van der Waals surface area contributed by atoms with E-state index < -0.39 is 0 Å². The molecule has 0 aromatic rings. The summed E-state index contributed by atoms with van der Waals surface area (Å²) in [5.74, 6) is 0.290. The Morgan fingerprint density at radius 2 is 1.38 bits per heavy atom. The average molecular weight is 522 g/mol. The largest absolute Gasteiger partial charge is 0.449 e. The molecule has 1 atom stereocenters. The summed E-state index contributed by atoms with van der Waals surface area (Å²) in [7, 11) is 0. The highest BCUT2D eigenvalue weighted by Crippen LogP contribution is 2.21. The minimum Gasteiger partial charge on any atom is -0.449 e. The average Bonchev–Trinajstić information content (AvgIpc) is 2.92. The number of amides is 2. The van der Waals surface area contributed by atoms with Crippen LogP contribution >= 0.6 is 0 Å². The van der Waals surface area contributed by atoms with E-state index in [1.165, 1.54) is 103 Å². The molecule has 37 heavy (non-hydrogen) atoms. The molecule has 2 saturated heterocycles. The van der Waals surface area contributed by atoms with Crippen molar-refractivity contribution in [3.63, 3.8) is 0 Å². The first-order valence-corrected chi connectivity index (χ1v) is 16.1. The minimum absolute atomic E-state index is 0.223. The van der Waals surface area contributed by atoms with Crippen molar-refractivity contribution in [1.82, 2.24) is 15.1 Å². The fourth-order valence-electron chi connectivity index (χ4n) is 5.90. The molecular formula is C31H59N3O3. The maximum Gasteiger partial charge on any atom is 0.407 e. The van der Waals surface area contributed by atoms with Gasteiger partial charge in [0.1, 0.15) is 0 Å². The number of ether oxygens (including phenoxy) is 1. The Morgan fingerprint density at radius 1 is 0.757 bits per heavy atom. The van der Waals surface area contributed by atoms with Gasteiger partial charge in [0.15, 0.2) is 0 Å². The lowest BCUT2D eigenvalue weighted by Gasteiger charge is -2.36. The molecule has 1 N–H and O–H groups in total. The van der Waals surface area contributed by atoms with Gasteiger partial charge in [0.2, 0.25) is 5.91 Å². The maximum absolute atomic E-state index is 12.9. The molecule has 0 aromatic heterocycles. The molecule has 0 saturated carbocycles. The molecule has 216 valence electrons. The van der Waals surface area contributed by atoms with E-state index in [1.807, 2.05) is 0 Å². The van der Waals surface area contributed by atoms with Gasteiger partial charge >= 0.3 is 6.09 Å². The molecule has 2 amide bonds. The molecule has 2 aliphatic heterocycles. The molecule has 0 aromatic carbocycles. The Hall–Kier alpha value is -1.30. The summed E-state index contributed by atoms with van der Waals surface area (Å²) >= 11 is 0. The first-order chi connectivity index (χ1) is 18.2. The number of hydrogen-bond acceptors (Lipinski definition) is 4. The van der Waals surface area contributed by atoms with Gasteiger partial charge in [0, 0.05) is 32.0 Å². The van der Waals surface area contributed by atoms with Crippen molar-refractivity contribution in [2.75, 3.05) is 39.3 Å². The molecule has 0 radical (unpaired) electrons. The number of hydrogen-bond donors (Lipinski definition) is 1. The summed E-state index contributed by atoms with van der Waals surface area (Å²) in [5, 5.41) is 2.90. The summed E-state index contributed by atoms with van der Waals surface area (Å²) in [6, 6.07) is 0.223. The van der Waals surface area contributed by atoms with Gasteiger partial charge in [-0.3, -0.25) is 4.79 Å². The summed E-state index contributed by atoms with van der Waals surface area (Å²) in [5.41, 5.74) is 0. The smallest absolute Gasteiger partial charge is 0.407 e. The molecule has 0 spiro atoms. The number of alkyl carbamates (subject to hydrolysis) is 1. The van der Waals surface area contributed by atoms with Crippen LogP contribution in [0.2, 0.25) is 0 Å². The molecule has 0 aliphatic carbocycles. The first-order valence-electron chi connectivity index (χ1n) is 16.1. The maximum atomic E-state index is 12.9. The molecular weight excluding hydrogens is 462 g/mol. The molecule has 2 heterocycles. The van der Waals surface area contributed by atoms with Crippen molar-refractivity contribution in [3.8, 4) is 0 Å². The Morgan fingerprint density at radius 3 is 2.05 bits per heavy atom. The number of unbranched alkanes of at least 4 members (excludes halogenated alkanes) is 11. The molecule has 0 bridgehead atoms. The molecule has 6 heteroatoms. The number of nitrogens with zero attached hydrogens (tertiary/aromatic N) is 2. The van der Waals surface area contributed by atoms with Gasteiger partial charge in [-0.15, -0.1) is 0 Å². The normalized spacial score (nSPS) is 18.6. The summed E-state index contributed by atoms with van der Waals surface area (Å²) < 4.78 is 5.45. The van der Waals surface area contributed by atoms with E-state index in [1.54, 1.807) is 0 Å². The Balaban J connectivity index is 1.44. The highest BCUT2D eigenvalue weighted by molar-refractivity contribution is 5.76. The van der Waals surface area contributed by atoms with Crippen molar-refractivity contribution in [2.45, 2.75) is 148 Å². The lowest BCUT2D eigenvalue weighted by atomic mass is 9.99. The van der Waals surface area contributed by atoms with Crippen LogP contribution in [0.4, 0.5) is 4.79 Å². The van der Waals surface area contributed by atoms with Crippen LogP contribution in [0.5, 0.6) is 0 Å². The topological polar surface area (TPSA) is 61.9 Å². The van der Waals surface area contributed by atoms with E-state index in [0.29, 0.717) is 19.6 Å². The number of likely N-dealkylation sites (tertiary alicyclic amines) is 2. The van der Waals surface area contributed by atoms with Crippen molar-refractivity contribution >= 4 is 12.0 Å². The summed E-state index contributed by atoms with van der Waals surface area (Å²) in [6.45, 7) is 7.66. The van der Waals surface area contributed by atoms with E-state index in [-0.39, 0.29) is 18.0 Å². The highest BCUT2D eigenvalue weighted by Gasteiger charge is 2.26. The van der Waals surface area contributed by atoms with Gasteiger partial charge in [-0.05, 0) is 64.6 Å². The number of carbonyl (C=O) groups excluding carboxylic acids is 2. The Kier molecular flexibility index (Phi) is 18.6. The monoisotopic (exact) mass is 521 g/mol. The third-order valence-corrected chi connectivity index (χ3v) is 8.25. The lowest BCUT2D eigenvalue weighted by molar-refractivity contribution is -0.135. The second kappa shape index (κ2) is 21.6. The van der Waals surface area contributed by atoms with Gasteiger partial charge in [-0.25, -0.2) is 4.79 Å². The van der Waals surface area contributed by atoms with E-state index in [4.69, 9.17) is 4.74 Å². The van der Waals surface area contributed by atoms with Gasteiger partial charge in [-0.2, -0.15) is 0 Å². The first kappa shape index (κ1) is 31.9. The Labute approximate surface area is 228 Å². The second-order valence-electron chi connectivity index (χ2n) is 11.5. The highest BCUT2D eigenvalue weighted by atomic mass is 16.5. The van der Waals surface area contributed by atoms with Crippen LogP contribution in [-0.4, -0.2) is 67.2 Å². The van der Waals surface area contributed by atoms with Gasteiger partial charge < -0.3 is 19.9 Å². The van der Waals surface area contributed by atoms with E-state index in [0.717, 1.165) is 51.6 Å². The van der Waals surface area contributed by atoms with Crippen LogP contribution in [-0.2, 0) is 9.53 Å². The quantitative estimate of drug-likeness (QED) is 0.169. The van der Waals surface area contributed by atoms with E-state index >= 15 is 0 Å². The third kappa shape index (κ3) is 15.6. The van der Waals surface area contributed by atoms with Crippen molar-refractivity contribution in [1.29, 1.82) is 0 Å². The van der Waals surface area contributed by atoms with Crippen LogP contribution in [0.25, 0.3) is 0 Å². The van der Waals surface area contributed by atoms with Gasteiger partial charge in [0.25, 0.3) is 0 Å². The van der Waals surface area contributed by atoms with Crippen LogP contribution in [0.1, 0.15) is 142 Å². The van der Waals surface area contributed by atoms with Crippen LogP contribution in [0, 0.1) is 0 Å². The molecule has 6 nitrogen and oxygen atoms in total. The summed E-state index contributed by atoms with van der Waals surface area (Å²) in [6.07, 6.45) is 25.1. The zero-order valence-electron chi connectivity index (χ0n) is 24.3. The number of nitrogens with one attached hydrogen (secondary N) is 1. The lowest BCUT2D eigenvalue weighted by Crippen LogP contribution is -2.44. The molecule has 2 fully saturated rings. The fraction of sp³-hybridized carbons (Fsp3) is 0.935. The van der Waals surface area contributed by atoms with Crippen molar-refractivity contribution < 1.29 is 14.3 Å². The van der Waals surface area contributed by atoms with Crippen molar-refractivity contribution in [3.05, 3.63) is 0 Å². The zero-order valence-corrected chi connectivity index (χ0v) is 24.3. The molecule has 2 rings (SSSR count). The van der Waals surface area contributed by atoms with E-state index in [9.17, 15) is 9.59 Å². The predicted octanol–water partition coefficient (Wildman–Crippen LogP) is 7.45. The third-order valence-electron chi connectivity index (χ3n) is 8.25. The predicted molar refractivity (Wildman–Crippen MR) is 154 cm³/mol. The standard InChI is InChI=1S/C31H59N3O3/c1-2-3-4-5-6-7-8-9-10-11-12-15-23-32-31(36)37-28-22-29-20-14-18-27-34(29)30(35)21-19-26-33-24-16-13-17-25-33/h29H,2-28H2,1H3,(H,32,36). The van der Waals surface area contributed by atoms with Crippen LogP contribution < -0.4 is 5.32 Å². The van der Waals surface area contributed by atoms with Gasteiger partial charge in [0.05, 0.1) is 6.61 Å². The fourth-order valence-corrected chi connectivity index (χ4v) is 5.90. The number of piperidine rings is 2. The minimum atomic E-state index is -0.307. The van der Waals surface area contributed by atoms with Crippen LogP contribution in [0.3, 0.4) is 0 Å². The molecule has 2 aliphatic rings. The Bertz CT molecular complexity index is 580. The van der Waals surface area contributed by atoms with E-state index in [2.05, 4.69) is 22.0 Å². The second-order valence-corrected chi connectivity index (χ2v) is 11.5. The SMILES string of the molecule is CCCCCCCCCCCCCCNC(=O)OCCC1CCCCN1C(=O)CCCN1CCCCC1. The van der Waals surface area contributed by atoms with Gasteiger partial charge in [-0.1, -0.05) is 84.0 Å². The van der Waals surface area contributed by atoms with Crippen molar-refractivity contribution in [2.24, 2.45) is 0 Å².